The quantitative estimate of drug-likeness (QED) is 0.764. The monoisotopic (exact) mass is 272 g/mol. The lowest BCUT2D eigenvalue weighted by molar-refractivity contribution is 0.121. The van der Waals surface area contributed by atoms with E-state index in [1.165, 1.54) is 35.9 Å². The Morgan fingerprint density at radius 2 is 2.32 bits per heavy atom. The topological polar surface area (TPSA) is 19.0 Å². The second-order valence-electron chi connectivity index (χ2n) is 6.19. The van der Waals surface area contributed by atoms with Gasteiger partial charge < -0.3 is 9.88 Å². The molecule has 2 aliphatic rings. The first-order valence-electron chi connectivity index (χ1n) is 7.18. The van der Waals surface area contributed by atoms with Gasteiger partial charge in [-0.1, -0.05) is 12.1 Å². The summed E-state index contributed by atoms with van der Waals surface area (Å²) in [7, 11) is 2.28. The SMILES string of the molecule is CN1C[C@H](CS)C[C@@H]2c3cccc4[nH]cc(c34)C[C@H]21. The van der Waals surface area contributed by atoms with E-state index in [-0.39, 0.29) is 0 Å². The number of H-pyrrole nitrogens is 1. The zero-order valence-electron chi connectivity index (χ0n) is 11.3. The number of fused-ring (bicyclic) bond motifs is 2. The van der Waals surface area contributed by atoms with Gasteiger partial charge >= 0.3 is 0 Å². The van der Waals surface area contributed by atoms with Crippen LogP contribution in [0.25, 0.3) is 10.9 Å². The van der Waals surface area contributed by atoms with Crippen molar-refractivity contribution < 1.29 is 0 Å². The van der Waals surface area contributed by atoms with Gasteiger partial charge in [-0.3, -0.25) is 0 Å². The van der Waals surface area contributed by atoms with Crippen LogP contribution < -0.4 is 0 Å². The molecule has 1 saturated heterocycles. The molecule has 2 nitrogen and oxygen atoms in total. The number of likely N-dealkylation sites (tertiary alicyclic amines) is 1. The molecule has 1 aromatic carbocycles. The van der Waals surface area contributed by atoms with Gasteiger partial charge in [0.25, 0.3) is 0 Å². The standard InChI is InChI=1S/C16H20N2S/c1-18-8-10(9-19)5-13-12-3-2-4-14-16(12)11(7-17-14)6-15(13)18/h2-4,7,10,13,15,17,19H,5-6,8-9H2,1H3/t10-,13-,15-/m1/s1. The predicted octanol–water partition coefficient (Wildman–Crippen LogP) is 3.06. The second-order valence-corrected chi connectivity index (χ2v) is 6.55. The van der Waals surface area contributed by atoms with Crippen LogP contribution in [0.15, 0.2) is 24.4 Å². The van der Waals surface area contributed by atoms with Crippen molar-refractivity contribution in [1.29, 1.82) is 0 Å². The minimum absolute atomic E-state index is 0.671. The Bertz CT molecular complexity index is 618. The van der Waals surface area contributed by atoms with Crippen LogP contribution in [0.2, 0.25) is 0 Å². The summed E-state index contributed by atoms with van der Waals surface area (Å²) in [5.41, 5.74) is 4.37. The lowest BCUT2D eigenvalue weighted by Crippen LogP contribution is -2.48. The molecule has 0 spiro atoms. The van der Waals surface area contributed by atoms with Crippen molar-refractivity contribution in [3.63, 3.8) is 0 Å². The Morgan fingerprint density at radius 3 is 3.16 bits per heavy atom. The van der Waals surface area contributed by atoms with E-state index >= 15 is 0 Å². The molecule has 0 radical (unpaired) electrons. The normalized spacial score (nSPS) is 30.5. The van der Waals surface area contributed by atoms with E-state index in [4.69, 9.17) is 0 Å². The first-order chi connectivity index (χ1) is 9.28. The van der Waals surface area contributed by atoms with Crippen LogP contribution in [-0.2, 0) is 6.42 Å². The Morgan fingerprint density at radius 1 is 1.42 bits per heavy atom. The summed E-state index contributed by atoms with van der Waals surface area (Å²) in [6.45, 7) is 1.19. The highest BCUT2D eigenvalue weighted by molar-refractivity contribution is 7.80. The maximum Gasteiger partial charge on any atom is 0.0459 e. The molecular formula is C16H20N2S. The molecule has 1 N–H and O–H groups in total. The largest absolute Gasteiger partial charge is 0.361 e. The predicted molar refractivity (Wildman–Crippen MR) is 83.1 cm³/mol. The Hall–Kier alpha value is -0.930. The first kappa shape index (κ1) is 11.9. The summed E-state index contributed by atoms with van der Waals surface area (Å²) in [6, 6.07) is 7.41. The molecule has 2 aromatic rings. The molecule has 1 fully saturated rings. The van der Waals surface area contributed by atoms with E-state index in [9.17, 15) is 0 Å². The van der Waals surface area contributed by atoms with Gasteiger partial charge in [0.15, 0.2) is 0 Å². The number of aromatic amines is 1. The summed E-state index contributed by atoms with van der Waals surface area (Å²) >= 11 is 4.53. The fraction of sp³-hybridized carbons (Fsp3) is 0.500. The number of hydrogen-bond acceptors (Lipinski definition) is 2. The molecule has 0 unspecified atom stereocenters. The van der Waals surface area contributed by atoms with Crippen LogP contribution in [0.1, 0.15) is 23.5 Å². The molecule has 100 valence electrons. The number of nitrogens with one attached hydrogen (secondary N) is 1. The number of aromatic nitrogens is 1. The summed E-state index contributed by atoms with van der Waals surface area (Å²) in [5, 5.41) is 1.50. The van der Waals surface area contributed by atoms with Crippen LogP contribution in [-0.4, -0.2) is 35.3 Å². The molecule has 2 heterocycles. The number of rotatable bonds is 1. The van der Waals surface area contributed by atoms with Gasteiger partial charge in [-0.25, -0.2) is 0 Å². The molecule has 3 atom stereocenters. The minimum Gasteiger partial charge on any atom is -0.361 e. The number of thiol groups is 1. The molecular weight excluding hydrogens is 252 g/mol. The fourth-order valence-electron chi connectivity index (χ4n) is 4.19. The number of likely N-dealkylation sites (N-methyl/N-ethyl adjacent to an activating group) is 1. The van der Waals surface area contributed by atoms with Crippen molar-refractivity contribution >= 4 is 23.5 Å². The van der Waals surface area contributed by atoms with Crippen LogP contribution >= 0.6 is 12.6 Å². The van der Waals surface area contributed by atoms with E-state index in [0.717, 1.165) is 11.7 Å². The van der Waals surface area contributed by atoms with Crippen molar-refractivity contribution in [2.24, 2.45) is 5.92 Å². The molecule has 1 aliphatic heterocycles. The molecule has 0 amide bonds. The molecule has 0 bridgehead atoms. The van der Waals surface area contributed by atoms with Gasteiger partial charge in [0.1, 0.15) is 0 Å². The second kappa shape index (κ2) is 4.29. The lowest BCUT2D eigenvalue weighted by atomic mass is 9.73. The Balaban J connectivity index is 1.86. The van der Waals surface area contributed by atoms with Crippen LogP contribution in [0, 0.1) is 5.92 Å². The van der Waals surface area contributed by atoms with E-state index in [0.29, 0.717) is 12.0 Å². The van der Waals surface area contributed by atoms with Crippen molar-refractivity contribution in [1.82, 2.24) is 9.88 Å². The van der Waals surface area contributed by atoms with Gasteiger partial charge in [0, 0.05) is 35.6 Å². The van der Waals surface area contributed by atoms with Crippen molar-refractivity contribution in [2.45, 2.75) is 24.8 Å². The third-order valence-electron chi connectivity index (χ3n) is 5.07. The molecule has 3 heteroatoms. The van der Waals surface area contributed by atoms with E-state index in [2.05, 4.69) is 54.0 Å². The molecule has 4 rings (SSSR count). The van der Waals surface area contributed by atoms with Gasteiger partial charge in [-0.2, -0.15) is 12.6 Å². The van der Waals surface area contributed by atoms with Crippen molar-refractivity contribution in [2.75, 3.05) is 19.3 Å². The zero-order valence-corrected chi connectivity index (χ0v) is 12.2. The Kier molecular flexibility index (Phi) is 2.68. The molecule has 1 aromatic heterocycles. The van der Waals surface area contributed by atoms with Crippen LogP contribution in [0.3, 0.4) is 0 Å². The molecule has 19 heavy (non-hydrogen) atoms. The average molecular weight is 272 g/mol. The molecule has 1 aliphatic carbocycles. The number of hydrogen-bond donors (Lipinski definition) is 2. The first-order valence-corrected chi connectivity index (χ1v) is 7.81. The summed E-state index contributed by atoms with van der Waals surface area (Å²) in [5.74, 6) is 2.41. The van der Waals surface area contributed by atoms with Gasteiger partial charge in [0.05, 0.1) is 0 Å². The Labute approximate surface area is 119 Å². The van der Waals surface area contributed by atoms with Crippen molar-refractivity contribution in [3.8, 4) is 0 Å². The van der Waals surface area contributed by atoms with Crippen molar-refractivity contribution in [3.05, 3.63) is 35.5 Å². The summed E-state index contributed by atoms with van der Waals surface area (Å²) < 4.78 is 0. The summed E-state index contributed by atoms with van der Waals surface area (Å²) in [4.78, 5) is 6.00. The third kappa shape index (κ3) is 1.68. The maximum absolute atomic E-state index is 4.53. The smallest absolute Gasteiger partial charge is 0.0459 e. The highest BCUT2D eigenvalue weighted by Gasteiger charge is 2.38. The van der Waals surface area contributed by atoms with Crippen LogP contribution in [0.4, 0.5) is 0 Å². The maximum atomic E-state index is 4.53. The lowest BCUT2D eigenvalue weighted by Gasteiger charge is -2.45. The fourth-order valence-corrected chi connectivity index (χ4v) is 4.45. The highest BCUT2D eigenvalue weighted by Crippen LogP contribution is 2.44. The highest BCUT2D eigenvalue weighted by atomic mass is 32.1. The zero-order chi connectivity index (χ0) is 13.0. The number of piperidine rings is 1. The number of nitrogens with zero attached hydrogens (tertiary/aromatic N) is 1. The van der Waals surface area contributed by atoms with Gasteiger partial charge in [-0.15, -0.1) is 0 Å². The number of benzene rings is 1. The van der Waals surface area contributed by atoms with Gasteiger partial charge in [-0.05, 0) is 48.8 Å². The van der Waals surface area contributed by atoms with E-state index in [1.807, 2.05) is 0 Å². The molecule has 0 saturated carbocycles. The van der Waals surface area contributed by atoms with Crippen LogP contribution in [0.5, 0.6) is 0 Å². The van der Waals surface area contributed by atoms with E-state index in [1.54, 1.807) is 5.56 Å². The van der Waals surface area contributed by atoms with E-state index < -0.39 is 0 Å². The summed E-state index contributed by atoms with van der Waals surface area (Å²) in [6.07, 6.45) is 4.70. The third-order valence-corrected chi connectivity index (χ3v) is 5.59. The van der Waals surface area contributed by atoms with Gasteiger partial charge in [0.2, 0.25) is 0 Å². The minimum atomic E-state index is 0.671. The average Bonchev–Trinajstić information content (AvgIpc) is 2.85.